The standard InChI is InChI=1S/C24H23F2N4O5P/c1-33-36(31,32)34-15-30-11-3-4-19(24(30)27)22-13-18(29-35-22)12-16-7-9-17(10-8-16)14-28-21-6-2-5-20(25)23(21)26/h2-11,13,27-28H,12,14-15H2,1H3,(H,31,32)/p+1. The van der Waals surface area contributed by atoms with Crippen molar-refractivity contribution in [2.75, 3.05) is 18.2 Å². The van der Waals surface area contributed by atoms with Crippen LogP contribution in [0, 0.1) is 11.6 Å². The van der Waals surface area contributed by atoms with Crippen LogP contribution in [0.4, 0.5) is 20.3 Å². The summed E-state index contributed by atoms with van der Waals surface area (Å²) in [5.41, 5.74) is 9.36. The molecule has 0 fully saturated rings. The van der Waals surface area contributed by atoms with Crippen LogP contribution >= 0.6 is 7.82 Å². The van der Waals surface area contributed by atoms with E-state index < -0.39 is 19.5 Å². The van der Waals surface area contributed by atoms with Crippen LogP contribution < -0.4 is 15.6 Å². The molecule has 4 aromatic rings. The summed E-state index contributed by atoms with van der Waals surface area (Å²) in [6.45, 7) is 0.0389. The van der Waals surface area contributed by atoms with Crippen molar-refractivity contribution in [1.82, 2.24) is 5.16 Å². The fourth-order valence-corrected chi connectivity index (χ4v) is 3.79. The largest absolute Gasteiger partial charge is 0.475 e. The zero-order valence-corrected chi connectivity index (χ0v) is 20.1. The van der Waals surface area contributed by atoms with E-state index in [2.05, 4.69) is 15.0 Å². The van der Waals surface area contributed by atoms with Gasteiger partial charge in [0.05, 0.1) is 17.6 Å². The molecule has 0 spiro atoms. The first kappa shape index (κ1) is 25.5. The first-order chi connectivity index (χ1) is 17.3. The van der Waals surface area contributed by atoms with Crippen LogP contribution in [0.2, 0.25) is 0 Å². The molecule has 9 nitrogen and oxygen atoms in total. The van der Waals surface area contributed by atoms with E-state index in [9.17, 15) is 18.2 Å². The van der Waals surface area contributed by atoms with Crippen molar-refractivity contribution < 1.29 is 36.4 Å². The van der Waals surface area contributed by atoms with Gasteiger partial charge in [-0.3, -0.25) is 10.3 Å². The summed E-state index contributed by atoms with van der Waals surface area (Å²) in [6.07, 6.45) is 2.08. The lowest BCUT2D eigenvalue weighted by Gasteiger charge is -2.09. The molecular formula is C24H24F2N4O5P+. The number of phosphoric ester groups is 1. The fourth-order valence-electron chi connectivity index (χ4n) is 3.42. The van der Waals surface area contributed by atoms with Crippen molar-refractivity contribution in [2.45, 2.75) is 19.7 Å². The summed E-state index contributed by atoms with van der Waals surface area (Å²) in [5, 5.41) is 7.00. The second-order valence-electron chi connectivity index (χ2n) is 7.82. The van der Waals surface area contributed by atoms with Gasteiger partial charge >= 0.3 is 7.82 Å². The Kier molecular flexibility index (Phi) is 7.76. The number of rotatable bonds is 10. The quantitative estimate of drug-likeness (QED) is 0.209. The van der Waals surface area contributed by atoms with Gasteiger partial charge in [0.15, 0.2) is 17.4 Å². The first-order valence-corrected chi connectivity index (χ1v) is 12.3. The molecule has 2 aromatic heterocycles. The van der Waals surface area contributed by atoms with Crippen molar-refractivity contribution in [3.05, 3.63) is 95.3 Å². The van der Waals surface area contributed by atoms with E-state index in [1.54, 1.807) is 24.4 Å². The lowest BCUT2D eigenvalue weighted by atomic mass is 10.1. The second-order valence-corrected chi connectivity index (χ2v) is 9.38. The molecule has 0 aliphatic rings. The molecular weight excluding hydrogens is 493 g/mol. The number of aromatic nitrogens is 2. The summed E-state index contributed by atoms with van der Waals surface area (Å²) >= 11 is 0. The topological polar surface area (TPSA) is 124 Å². The highest BCUT2D eigenvalue weighted by atomic mass is 31.2. The predicted octanol–water partition coefficient (Wildman–Crippen LogP) is 4.41. The van der Waals surface area contributed by atoms with Crippen LogP contribution in [0.15, 0.2) is 71.4 Å². The average molecular weight is 517 g/mol. The highest BCUT2D eigenvalue weighted by Crippen LogP contribution is 2.41. The Bertz CT molecular complexity index is 1400. The summed E-state index contributed by atoms with van der Waals surface area (Å²) in [5.74, 6) is -1.13. The van der Waals surface area contributed by atoms with Gasteiger partial charge < -0.3 is 14.7 Å². The monoisotopic (exact) mass is 517 g/mol. The van der Waals surface area contributed by atoms with E-state index >= 15 is 0 Å². The zero-order chi connectivity index (χ0) is 25.7. The van der Waals surface area contributed by atoms with Gasteiger partial charge in [0.2, 0.25) is 6.73 Å². The summed E-state index contributed by atoms with van der Waals surface area (Å²) in [7, 11) is -3.09. The Morgan fingerprint density at radius 2 is 1.89 bits per heavy atom. The number of hydrogen-bond donors (Lipinski definition) is 3. The Morgan fingerprint density at radius 3 is 2.64 bits per heavy atom. The van der Waals surface area contributed by atoms with Gasteiger partial charge in [0, 0.05) is 26.1 Å². The van der Waals surface area contributed by atoms with E-state index in [-0.39, 0.29) is 18.2 Å². The molecule has 0 aliphatic heterocycles. The van der Waals surface area contributed by atoms with Crippen LogP contribution in [-0.2, 0) is 33.3 Å². The van der Waals surface area contributed by atoms with E-state index in [0.717, 1.165) is 24.3 Å². The summed E-state index contributed by atoms with van der Waals surface area (Å²) in [4.78, 5) is 9.42. The van der Waals surface area contributed by atoms with Crippen molar-refractivity contribution in [1.29, 1.82) is 0 Å². The minimum absolute atomic E-state index is 0.103. The number of hydrogen-bond acceptors (Lipinski definition) is 7. The van der Waals surface area contributed by atoms with Crippen molar-refractivity contribution >= 4 is 19.3 Å². The smallest absolute Gasteiger partial charge is 0.379 e. The lowest BCUT2D eigenvalue weighted by molar-refractivity contribution is -0.711. The molecule has 0 saturated heterocycles. The van der Waals surface area contributed by atoms with Gasteiger partial charge in [0.1, 0.15) is 5.56 Å². The number of nitrogens with zero attached hydrogens (tertiary/aromatic N) is 2. The molecule has 1 unspecified atom stereocenters. The molecule has 0 bridgehead atoms. The minimum Gasteiger partial charge on any atom is -0.379 e. The average Bonchev–Trinajstić information content (AvgIpc) is 3.33. The summed E-state index contributed by atoms with van der Waals surface area (Å²) < 4.78 is 54.8. The molecule has 2 aromatic carbocycles. The number of nitrogens with two attached hydrogens (primary N) is 1. The van der Waals surface area contributed by atoms with E-state index in [1.165, 1.54) is 16.7 Å². The Hall–Kier alpha value is -3.63. The molecule has 188 valence electrons. The Morgan fingerprint density at radius 1 is 1.14 bits per heavy atom. The number of phosphoric acid groups is 1. The SMILES string of the molecule is COP(=O)(O)OC[n+]1cccc(-c2cc(Cc3ccc(CNc4cccc(F)c4F)cc3)no2)c1N. The molecule has 2 heterocycles. The van der Waals surface area contributed by atoms with Gasteiger partial charge in [-0.25, -0.2) is 22.4 Å². The Labute approximate surface area is 205 Å². The van der Waals surface area contributed by atoms with Crippen molar-refractivity contribution in [2.24, 2.45) is 0 Å². The van der Waals surface area contributed by atoms with E-state index in [4.69, 9.17) is 14.8 Å². The van der Waals surface area contributed by atoms with Crippen molar-refractivity contribution in [3.8, 4) is 11.3 Å². The lowest BCUT2D eigenvalue weighted by Crippen LogP contribution is -2.38. The zero-order valence-electron chi connectivity index (χ0n) is 19.2. The molecule has 1 atom stereocenters. The van der Waals surface area contributed by atoms with E-state index in [1.807, 2.05) is 24.3 Å². The maximum atomic E-state index is 13.8. The number of halogens is 2. The van der Waals surface area contributed by atoms with Gasteiger partial charge in [-0.05, 0) is 35.4 Å². The number of pyridine rings is 1. The Balaban J connectivity index is 1.40. The maximum absolute atomic E-state index is 13.8. The normalized spacial score (nSPS) is 12.9. The third-order valence-corrected chi connectivity index (χ3v) is 6.28. The number of anilines is 2. The first-order valence-electron chi connectivity index (χ1n) is 10.8. The van der Waals surface area contributed by atoms with Gasteiger partial charge in [-0.1, -0.05) is 35.5 Å². The number of nitrogens with one attached hydrogen (secondary N) is 1. The van der Waals surface area contributed by atoms with Gasteiger partial charge in [-0.2, -0.15) is 0 Å². The molecule has 12 heteroatoms. The number of benzene rings is 2. The third-order valence-electron chi connectivity index (χ3n) is 5.37. The molecule has 0 saturated carbocycles. The molecule has 0 radical (unpaired) electrons. The highest BCUT2D eigenvalue weighted by Gasteiger charge is 2.22. The molecule has 0 amide bonds. The summed E-state index contributed by atoms with van der Waals surface area (Å²) in [6, 6.07) is 16.8. The highest BCUT2D eigenvalue weighted by molar-refractivity contribution is 7.47. The molecule has 0 aliphatic carbocycles. The predicted molar refractivity (Wildman–Crippen MR) is 127 cm³/mol. The molecule has 36 heavy (non-hydrogen) atoms. The van der Waals surface area contributed by atoms with Gasteiger partial charge in [0.25, 0.3) is 5.82 Å². The fraction of sp³-hybridized carbons (Fsp3) is 0.167. The minimum atomic E-state index is -4.16. The second kappa shape index (κ2) is 11.0. The molecule has 4 N–H and O–H groups in total. The van der Waals surface area contributed by atoms with Gasteiger partial charge in [-0.15, -0.1) is 0 Å². The van der Waals surface area contributed by atoms with Crippen LogP contribution in [0.1, 0.15) is 16.8 Å². The van der Waals surface area contributed by atoms with Crippen LogP contribution in [-0.4, -0.2) is 17.2 Å². The maximum Gasteiger partial charge on any atom is 0.475 e. The molecule has 4 rings (SSSR count). The van der Waals surface area contributed by atoms with Crippen LogP contribution in [0.5, 0.6) is 0 Å². The third kappa shape index (κ3) is 6.13. The van der Waals surface area contributed by atoms with Crippen LogP contribution in [0.25, 0.3) is 11.3 Å². The van der Waals surface area contributed by atoms with Crippen molar-refractivity contribution in [3.63, 3.8) is 0 Å². The number of nitrogen functional groups attached to an aromatic ring is 1. The van der Waals surface area contributed by atoms with E-state index in [0.29, 0.717) is 30.0 Å². The van der Waals surface area contributed by atoms with Crippen LogP contribution in [0.3, 0.4) is 0 Å².